The van der Waals surface area contributed by atoms with Crippen LogP contribution in [0.15, 0.2) is 42.5 Å². The molecule has 0 saturated heterocycles. The Morgan fingerprint density at radius 3 is 2.58 bits per heavy atom. The summed E-state index contributed by atoms with van der Waals surface area (Å²) in [6.07, 6.45) is -0.648. The average Bonchev–Trinajstić information content (AvgIpc) is 2.70. The number of likely N-dealkylation sites (N-methyl/N-ethyl adjacent to an activating group) is 1. The van der Waals surface area contributed by atoms with Gasteiger partial charge in [-0.15, -0.1) is 0 Å². The molecule has 8 nitrogen and oxygen atoms in total. The number of Topliss-reactive ketones (excluding diaryl/α,β-unsaturated/α-hetero) is 1. The van der Waals surface area contributed by atoms with E-state index in [2.05, 4.69) is 5.32 Å². The predicted octanol–water partition coefficient (Wildman–Crippen LogP) is 2.36. The first-order valence-corrected chi connectivity index (χ1v) is 11.4. The second-order valence-electron chi connectivity index (χ2n) is 7.57. The Hall–Kier alpha value is -3.20. The lowest BCUT2D eigenvalue weighted by Gasteiger charge is -2.30. The van der Waals surface area contributed by atoms with Crippen molar-refractivity contribution >= 4 is 38.8 Å². The summed E-state index contributed by atoms with van der Waals surface area (Å²) in [6.45, 7) is 4.73. The van der Waals surface area contributed by atoms with E-state index in [1.54, 1.807) is 32.2 Å². The van der Waals surface area contributed by atoms with E-state index in [1.807, 2.05) is 13.0 Å². The third-order valence-corrected chi connectivity index (χ3v) is 7.08. The van der Waals surface area contributed by atoms with Crippen molar-refractivity contribution in [2.75, 3.05) is 23.0 Å². The number of rotatable bonds is 6. The molecule has 2 aromatic carbocycles. The number of fused-ring (bicyclic) bond motifs is 1. The fourth-order valence-corrected chi connectivity index (χ4v) is 4.44. The number of carbonyl (C=O) groups excluding carboxylic acids is 3. The van der Waals surface area contributed by atoms with Gasteiger partial charge in [-0.3, -0.25) is 14.4 Å². The summed E-state index contributed by atoms with van der Waals surface area (Å²) in [5.41, 5.74) is 1.90. The Bertz CT molecular complexity index is 1160. The van der Waals surface area contributed by atoms with Crippen LogP contribution in [0.2, 0.25) is 0 Å². The SMILES string of the molecule is Cc1cccc(NC(=O)CS(=O)(=O)C(C)C(=O)c2ccc3c(c2)N(C)C(=O)C(C)O3)c1. The molecule has 1 aliphatic heterocycles. The van der Waals surface area contributed by atoms with E-state index in [0.29, 0.717) is 17.1 Å². The van der Waals surface area contributed by atoms with Crippen molar-refractivity contribution in [1.29, 1.82) is 0 Å². The van der Waals surface area contributed by atoms with E-state index >= 15 is 0 Å². The number of anilines is 2. The molecule has 1 N–H and O–H groups in total. The second-order valence-corrected chi connectivity index (χ2v) is 9.89. The predicted molar refractivity (Wildman–Crippen MR) is 117 cm³/mol. The lowest BCUT2D eigenvalue weighted by Crippen LogP contribution is -2.42. The molecular formula is C22H24N2O6S. The number of carbonyl (C=O) groups is 3. The van der Waals surface area contributed by atoms with Crippen molar-refractivity contribution in [2.24, 2.45) is 0 Å². The highest BCUT2D eigenvalue weighted by Crippen LogP contribution is 2.34. The van der Waals surface area contributed by atoms with Crippen molar-refractivity contribution in [3.63, 3.8) is 0 Å². The molecule has 0 aromatic heterocycles. The van der Waals surface area contributed by atoms with Gasteiger partial charge >= 0.3 is 0 Å². The molecule has 0 saturated carbocycles. The van der Waals surface area contributed by atoms with Crippen molar-refractivity contribution in [3.8, 4) is 5.75 Å². The molecule has 0 spiro atoms. The molecule has 2 atom stereocenters. The number of benzene rings is 2. The van der Waals surface area contributed by atoms with E-state index in [1.165, 1.54) is 30.0 Å². The van der Waals surface area contributed by atoms with Crippen LogP contribution in [-0.2, 0) is 19.4 Å². The smallest absolute Gasteiger partial charge is 0.267 e. The van der Waals surface area contributed by atoms with Crippen molar-refractivity contribution < 1.29 is 27.5 Å². The number of sulfone groups is 1. The summed E-state index contributed by atoms with van der Waals surface area (Å²) in [5, 5.41) is 1.11. The monoisotopic (exact) mass is 444 g/mol. The van der Waals surface area contributed by atoms with E-state index < -0.39 is 38.6 Å². The Balaban J connectivity index is 1.75. The Labute approximate surface area is 181 Å². The summed E-state index contributed by atoms with van der Waals surface area (Å²) in [5.74, 6) is -2.04. The topological polar surface area (TPSA) is 110 Å². The maximum atomic E-state index is 12.9. The molecule has 31 heavy (non-hydrogen) atoms. The van der Waals surface area contributed by atoms with E-state index in [0.717, 1.165) is 5.56 Å². The van der Waals surface area contributed by atoms with E-state index in [-0.39, 0.29) is 11.5 Å². The summed E-state index contributed by atoms with van der Waals surface area (Å²) >= 11 is 0. The molecule has 2 amide bonds. The summed E-state index contributed by atoms with van der Waals surface area (Å²) in [4.78, 5) is 38.6. The first kappa shape index (κ1) is 22.5. The molecule has 0 bridgehead atoms. The molecule has 0 radical (unpaired) electrons. The molecule has 0 aliphatic carbocycles. The van der Waals surface area contributed by atoms with Gasteiger partial charge in [-0.05, 0) is 56.7 Å². The standard InChI is InChI=1S/C22H24N2O6S/c1-13-6-5-7-17(10-13)23-20(25)12-31(28,29)15(3)21(26)16-8-9-19-18(11-16)24(4)22(27)14(2)30-19/h5-11,14-15H,12H2,1-4H3,(H,23,25). The minimum Gasteiger partial charge on any atom is -0.479 e. The quantitative estimate of drug-likeness (QED) is 0.685. The van der Waals surface area contributed by atoms with E-state index in [9.17, 15) is 22.8 Å². The lowest BCUT2D eigenvalue weighted by molar-refractivity contribution is -0.125. The van der Waals surface area contributed by atoms with Crippen LogP contribution in [0.5, 0.6) is 5.75 Å². The summed E-state index contributed by atoms with van der Waals surface area (Å²) < 4.78 is 30.9. The van der Waals surface area contributed by atoms with Gasteiger partial charge in [0.05, 0.1) is 5.69 Å². The van der Waals surface area contributed by atoms with E-state index in [4.69, 9.17) is 4.74 Å². The number of nitrogens with zero attached hydrogens (tertiary/aromatic N) is 1. The third-order valence-electron chi connectivity index (χ3n) is 5.13. The highest BCUT2D eigenvalue weighted by atomic mass is 32.2. The van der Waals surface area contributed by atoms with Gasteiger partial charge in [-0.25, -0.2) is 8.42 Å². The number of ketones is 1. The van der Waals surface area contributed by atoms with Gasteiger partial charge in [-0.1, -0.05) is 12.1 Å². The average molecular weight is 445 g/mol. The number of nitrogens with one attached hydrogen (secondary N) is 1. The Kier molecular flexibility index (Phi) is 6.17. The highest BCUT2D eigenvalue weighted by molar-refractivity contribution is 7.93. The van der Waals surface area contributed by atoms with Gasteiger partial charge in [-0.2, -0.15) is 0 Å². The first-order valence-electron chi connectivity index (χ1n) is 9.70. The van der Waals surface area contributed by atoms with Crippen LogP contribution in [0, 0.1) is 6.92 Å². The van der Waals surface area contributed by atoms with Crippen molar-refractivity contribution in [1.82, 2.24) is 0 Å². The number of amides is 2. The van der Waals surface area contributed by atoms with Crippen LogP contribution in [0.25, 0.3) is 0 Å². The third kappa shape index (κ3) is 4.77. The minimum atomic E-state index is -4.06. The molecule has 1 aliphatic rings. The van der Waals surface area contributed by atoms with Crippen LogP contribution in [0.3, 0.4) is 0 Å². The number of aryl methyl sites for hydroxylation is 1. The number of hydrogen-bond acceptors (Lipinski definition) is 6. The normalized spacial score (nSPS) is 16.8. The lowest BCUT2D eigenvalue weighted by atomic mass is 10.1. The van der Waals surface area contributed by atoms with Crippen molar-refractivity contribution in [2.45, 2.75) is 32.1 Å². The van der Waals surface area contributed by atoms with Gasteiger partial charge in [0.25, 0.3) is 5.91 Å². The zero-order valence-corrected chi connectivity index (χ0v) is 18.5. The van der Waals surface area contributed by atoms with Gasteiger partial charge in [0.1, 0.15) is 16.8 Å². The fraction of sp³-hybridized carbons (Fsp3) is 0.318. The zero-order valence-electron chi connectivity index (χ0n) is 17.7. The maximum Gasteiger partial charge on any atom is 0.267 e. The van der Waals surface area contributed by atoms with Gasteiger partial charge in [0.15, 0.2) is 21.7 Å². The Morgan fingerprint density at radius 2 is 1.90 bits per heavy atom. The summed E-state index contributed by atoms with van der Waals surface area (Å²) in [6, 6.07) is 11.4. The van der Waals surface area contributed by atoms with Crippen LogP contribution in [0.4, 0.5) is 11.4 Å². The largest absolute Gasteiger partial charge is 0.479 e. The van der Waals surface area contributed by atoms with Gasteiger partial charge < -0.3 is 15.0 Å². The number of hydrogen-bond donors (Lipinski definition) is 1. The highest BCUT2D eigenvalue weighted by Gasteiger charge is 2.33. The van der Waals surface area contributed by atoms with Gasteiger partial charge in [0, 0.05) is 18.3 Å². The Morgan fingerprint density at radius 1 is 1.19 bits per heavy atom. The molecular weight excluding hydrogens is 420 g/mol. The summed E-state index contributed by atoms with van der Waals surface area (Å²) in [7, 11) is -2.51. The second kappa shape index (κ2) is 8.50. The molecule has 0 fully saturated rings. The van der Waals surface area contributed by atoms with Crippen LogP contribution >= 0.6 is 0 Å². The van der Waals surface area contributed by atoms with Crippen LogP contribution in [0.1, 0.15) is 29.8 Å². The fourth-order valence-electron chi connectivity index (χ4n) is 3.29. The van der Waals surface area contributed by atoms with Crippen molar-refractivity contribution in [3.05, 3.63) is 53.6 Å². The van der Waals surface area contributed by atoms with Crippen LogP contribution in [-0.4, -0.2) is 50.2 Å². The molecule has 164 valence electrons. The van der Waals surface area contributed by atoms with Gasteiger partial charge in [0.2, 0.25) is 5.91 Å². The first-order chi connectivity index (χ1) is 14.5. The molecule has 9 heteroatoms. The molecule has 1 heterocycles. The molecule has 2 unspecified atom stereocenters. The molecule has 2 aromatic rings. The number of ether oxygens (including phenoxy) is 1. The molecule has 3 rings (SSSR count). The maximum absolute atomic E-state index is 12.9. The van der Waals surface area contributed by atoms with Crippen LogP contribution < -0.4 is 15.0 Å². The zero-order chi connectivity index (χ0) is 22.9. The minimum absolute atomic E-state index is 0.117.